The van der Waals surface area contributed by atoms with E-state index in [-0.39, 0.29) is 29.5 Å². The molecule has 30 heavy (non-hydrogen) atoms. The molecule has 2 aliphatic rings. The number of amides is 2. The lowest BCUT2D eigenvalue weighted by Gasteiger charge is -2.26. The van der Waals surface area contributed by atoms with E-state index in [0.29, 0.717) is 19.6 Å². The van der Waals surface area contributed by atoms with E-state index < -0.39 is 15.9 Å². The average molecular weight is 438 g/mol. The number of hydrazine groups is 1. The molecule has 0 radical (unpaired) electrons. The highest BCUT2D eigenvalue weighted by Gasteiger charge is 2.27. The van der Waals surface area contributed by atoms with Crippen molar-refractivity contribution in [1.82, 2.24) is 15.2 Å². The first-order valence-corrected chi connectivity index (χ1v) is 12.2. The summed E-state index contributed by atoms with van der Waals surface area (Å²) in [5.41, 5.74) is 4.98. The second kappa shape index (κ2) is 10.9. The Morgan fingerprint density at radius 2 is 1.80 bits per heavy atom. The number of rotatable bonds is 7. The molecule has 1 heterocycles. The first-order valence-electron chi connectivity index (χ1n) is 10.7. The third-order valence-electron chi connectivity index (χ3n) is 5.76. The second-order valence-corrected chi connectivity index (χ2v) is 9.88. The van der Waals surface area contributed by atoms with Gasteiger partial charge in [0, 0.05) is 25.1 Å². The van der Waals surface area contributed by atoms with Gasteiger partial charge in [-0.1, -0.05) is 38.2 Å². The normalized spacial score (nSPS) is 18.7. The van der Waals surface area contributed by atoms with Crippen molar-refractivity contribution >= 4 is 21.8 Å². The van der Waals surface area contributed by atoms with Crippen LogP contribution in [0.1, 0.15) is 61.7 Å². The molecule has 0 unspecified atom stereocenters. The maximum absolute atomic E-state index is 12.7. The zero-order chi connectivity index (χ0) is 21.4. The fourth-order valence-corrected chi connectivity index (χ4v) is 5.48. The van der Waals surface area contributed by atoms with Crippen LogP contribution in [-0.2, 0) is 19.6 Å². The number of nitrogens with one attached hydrogen (secondary N) is 2. The summed E-state index contributed by atoms with van der Waals surface area (Å²) in [5.74, 6) is -0.0665. The first kappa shape index (κ1) is 22.7. The van der Waals surface area contributed by atoms with Crippen LogP contribution in [0.25, 0.3) is 0 Å². The first-order chi connectivity index (χ1) is 14.5. The van der Waals surface area contributed by atoms with Crippen molar-refractivity contribution in [2.45, 2.75) is 56.3 Å². The molecule has 166 valence electrons. The van der Waals surface area contributed by atoms with Gasteiger partial charge >= 0.3 is 0 Å². The molecule has 0 atom stereocenters. The Morgan fingerprint density at radius 1 is 1.07 bits per heavy atom. The van der Waals surface area contributed by atoms with Crippen molar-refractivity contribution in [3.05, 3.63) is 29.8 Å². The van der Waals surface area contributed by atoms with Crippen LogP contribution in [0.2, 0.25) is 0 Å². The van der Waals surface area contributed by atoms with Crippen molar-refractivity contribution in [2.75, 3.05) is 26.3 Å². The highest BCUT2D eigenvalue weighted by molar-refractivity contribution is 7.89. The highest BCUT2D eigenvalue weighted by atomic mass is 32.2. The number of carbonyl (C=O) groups is 2. The number of benzene rings is 1. The predicted molar refractivity (Wildman–Crippen MR) is 112 cm³/mol. The van der Waals surface area contributed by atoms with Crippen molar-refractivity contribution in [3.8, 4) is 0 Å². The number of hydrogen-bond acceptors (Lipinski definition) is 5. The van der Waals surface area contributed by atoms with Gasteiger partial charge in [0.2, 0.25) is 15.9 Å². The minimum Gasteiger partial charge on any atom is -0.379 e. The molecule has 1 aromatic carbocycles. The topological polar surface area (TPSA) is 105 Å². The smallest absolute Gasteiger partial charge is 0.269 e. The fraction of sp³-hybridized carbons (Fsp3) is 0.619. The Kier molecular flexibility index (Phi) is 8.24. The van der Waals surface area contributed by atoms with Gasteiger partial charge in [0.1, 0.15) is 0 Å². The van der Waals surface area contributed by atoms with Crippen molar-refractivity contribution in [1.29, 1.82) is 0 Å². The molecule has 1 aliphatic heterocycles. The summed E-state index contributed by atoms with van der Waals surface area (Å²) in [4.78, 5) is 24.4. The van der Waals surface area contributed by atoms with Gasteiger partial charge in [0.05, 0.1) is 18.1 Å². The SMILES string of the molecule is O=C(CCCC1CCCCC1)NNC(=O)c1cccc(S(=O)(=O)N2CCOCC2)c1. The quantitative estimate of drug-likeness (QED) is 0.637. The lowest BCUT2D eigenvalue weighted by Crippen LogP contribution is -2.42. The molecular formula is C21H31N3O5S. The van der Waals surface area contributed by atoms with Gasteiger partial charge in [0.25, 0.3) is 5.91 Å². The fourth-order valence-electron chi connectivity index (χ4n) is 4.02. The molecule has 2 fully saturated rings. The van der Waals surface area contributed by atoms with Gasteiger partial charge in [-0.2, -0.15) is 4.31 Å². The highest BCUT2D eigenvalue weighted by Crippen LogP contribution is 2.27. The summed E-state index contributed by atoms with van der Waals surface area (Å²) in [6.45, 7) is 1.28. The lowest BCUT2D eigenvalue weighted by atomic mass is 9.86. The number of hydrogen-bond donors (Lipinski definition) is 2. The lowest BCUT2D eigenvalue weighted by molar-refractivity contribution is -0.122. The summed E-state index contributed by atoms with van der Waals surface area (Å²) in [6.07, 6.45) is 8.60. The molecule has 1 saturated carbocycles. The molecule has 1 saturated heterocycles. The zero-order valence-electron chi connectivity index (χ0n) is 17.3. The molecule has 9 heteroatoms. The molecule has 0 aromatic heterocycles. The van der Waals surface area contributed by atoms with E-state index in [1.165, 1.54) is 60.7 Å². The summed E-state index contributed by atoms with van der Waals surface area (Å²) in [6, 6.07) is 5.83. The van der Waals surface area contributed by atoms with Crippen LogP contribution < -0.4 is 10.9 Å². The van der Waals surface area contributed by atoms with Crippen LogP contribution in [0.4, 0.5) is 0 Å². The van der Waals surface area contributed by atoms with Gasteiger partial charge in [-0.25, -0.2) is 8.42 Å². The minimum atomic E-state index is -3.69. The van der Waals surface area contributed by atoms with E-state index >= 15 is 0 Å². The molecule has 1 aliphatic carbocycles. The standard InChI is InChI=1S/C21H31N3O5S/c25-20(11-4-8-17-6-2-1-3-7-17)22-23-21(26)18-9-5-10-19(16-18)30(27,28)24-12-14-29-15-13-24/h5,9-10,16-17H,1-4,6-8,11-15H2,(H,22,25)(H,23,26). The van der Waals surface area contributed by atoms with E-state index in [2.05, 4.69) is 10.9 Å². The third kappa shape index (κ3) is 6.26. The van der Waals surface area contributed by atoms with Gasteiger partial charge in [-0.05, 0) is 37.0 Å². The molecular weight excluding hydrogens is 406 g/mol. The van der Waals surface area contributed by atoms with E-state index in [0.717, 1.165) is 18.8 Å². The summed E-state index contributed by atoms with van der Waals surface area (Å²) in [5, 5.41) is 0. The number of carbonyl (C=O) groups excluding carboxylic acids is 2. The monoisotopic (exact) mass is 437 g/mol. The average Bonchev–Trinajstić information content (AvgIpc) is 2.79. The van der Waals surface area contributed by atoms with Crippen molar-refractivity contribution in [3.63, 3.8) is 0 Å². The molecule has 0 bridgehead atoms. The summed E-state index contributed by atoms with van der Waals surface area (Å²) in [7, 11) is -3.69. The zero-order valence-corrected chi connectivity index (χ0v) is 18.1. The van der Waals surface area contributed by atoms with Crippen LogP contribution in [0, 0.1) is 5.92 Å². The second-order valence-electron chi connectivity index (χ2n) is 7.94. The largest absolute Gasteiger partial charge is 0.379 e. The predicted octanol–water partition coefficient (Wildman–Crippen LogP) is 2.22. The Morgan fingerprint density at radius 3 is 2.53 bits per heavy atom. The van der Waals surface area contributed by atoms with Gasteiger partial charge in [0.15, 0.2) is 0 Å². The third-order valence-corrected chi connectivity index (χ3v) is 7.66. The van der Waals surface area contributed by atoms with Gasteiger partial charge in [-0.15, -0.1) is 0 Å². The van der Waals surface area contributed by atoms with Crippen LogP contribution in [-0.4, -0.2) is 50.8 Å². The van der Waals surface area contributed by atoms with Gasteiger partial charge < -0.3 is 4.74 Å². The van der Waals surface area contributed by atoms with Gasteiger partial charge in [-0.3, -0.25) is 20.4 Å². The van der Waals surface area contributed by atoms with E-state index in [1.54, 1.807) is 0 Å². The summed E-state index contributed by atoms with van der Waals surface area (Å²) >= 11 is 0. The van der Waals surface area contributed by atoms with Crippen molar-refractivity contribution < 1.29 is 22.7 Å². The Hall–Kier alpha value is -1.97. The van der Waals surface area contributed by atoms with E-state index in [9.17, 15) is 18.0 Å². The van der Waals surface area contributed by atoms with Crippen LogP contribution >= 0.6 is 0 Å². The molecule has 8 nitrogen and oxygen atoms in total. The van der Waals surface area contributed by atoms with E-state index in [1.807, 2.05) is 0 Å². The van der Waals surface area contributed by atoms with Crippen LogP contribution in [0.5, 0.6) is 0 Å². The number of morpholine rings is 1. The Bertz CT molecular complexity index is 831. The summed E-state index contributed by atoms with van der Waals surface area (Å²) < 4.78 is 32.0. The van der Waals surface area contributed by atoms with Crippen molar-refractivity contribution in [2.24, 2.45) is 5.92 Å². The Balaban J connectivity index is 1.48. The molecule has 2 amide bonds. The Labute approximate surface area is 178 Å². The minimum absolute atomic E-state index is 0.0517. The molecule has 0 spiro atoms. The van der Waals surface area contributed by atoms with Crippen LogP contribution in [0.3, 0.4) is 0 Å². The van der Waals surface area contributed by atoms with Crippen LogP contribution in [0.15, 0.2) is 29.2 Å². The maximum Gasteiger partial charge on any atom is 0.269 e. The number of ether oxygens (including phenoxy) is 1. The molecule has 2 N–H and O–H groups in total. The number of sulfonamides is 1. The molecule has 1 aromatic rings. The maximum atomic E-state index is 12.7. The number of nitrogens with zero attached hydrogens (tertiary/aromatic N) is 1. The molecule has 3 rings (SSSR count). The van der Waals surface area contributed by atoms with E-state index in [4.69, 9.17) is 4.74 Å².